The summed E-state index contributed by atoms with van der Waals surface area (Å²) in [7, 11) is 0. The van der Waals surface area contributed by atoms with Gasteiger partial charge in [-0.05, 0) is 84.9 Å². The van der Waals surface area contributed by atoms with E-state index in [2.05, 4.69) is 168 Å². The minimum atomic E-state index is 1.02. The summed E-state index contributed by atoms with van der Waals surface area (Å²) in [6, 6.07) is 55.3. The molecule has 0 unspecified atom stereocenters. The summed E-state index contributed by atoms with van der Waals surface area (Å²) in [5.41, 5.74) is 6.57. The summed E-state index contributed by atoms with van der Waals surface area (Å²) in [6.07, 6.45) is 0. The largest absolute Gasteiger partial charge is 0.302 e. The lowest BCUT2D eigenvalue weighted by Gasteiger charge is -2.23. The highest BCUT2D eigenvalue weighted by Crippen LogP contribution is 2.46. The monoisotopic (exact) mass is 690 g/mol. The smallest absolute Gasteiger partial charge is 0.134 e. The molecule has 0 amide bonds. The van der Waals surface area contributed by atoms with E-state index < -0.39 is 0 Å². The summed E-state index contributed by atoms with van der Waals surface area (Å²) >= 11 is 6.99. The van der Waals surface area contributed by atoms with Crippen LogP contribution in [0.4, 0.5) is 32.8 Å². The first-order valence-electron chi connectivity index (χ1n) is 15.5. The first-order chi connectivity index (χ1) is 23.8. The summed E-state index contributed by atoms with van der Waals surface area (Å²) < 4.78 is 2.30. The van der Waals surface area contributed by atoms with Gasteiger partial charge in [-0.1, -0.05) is 72.8 Å². The molecular formula is C40H26N4S4. The molecule has 0 bridgehead atoms. The van der Waals surface area contributed by atoms with Crippen LogP contribution in [-0.2, 0) is 0 Å². The average Bonchev–Trinajstić information content (AvgIpc) is 3.96. The Hall–Kier alpha value is -5.12. The Morgan fingerprint density at radius 2 is 0.688 bits per heavy atom. The lowest BCUT2D eigenvalue weighted by atomic mass is 10.2. The summed E-state index contributed by atoms with van der Waals surface area (Å²) in [4.78, 5) is 17.2. The predicted molar refractivity (Wildman–Crippen MR) is 209 cm³/mol. The highest BCUT2D eigenvalue weighted by Gasteiger charge is 2.19. The van der Waals surface area contributed by atoms with E-state index >= 15 is 0 Å². The Morgan fingerprint density at radius 1 is 0.354 bits per heavy atom. The van der Waals surface area contributed by atoms with Crippen molar-refractivity contribution in [3.8, 4) is 19.8 Å². The normalized spacial score (nSPS) is 11.3. The van der Waals surface area contributed by atoms with E-state index in [4.69, 9.17) is 9.97 Å². The van der Waals surface area contributed by atoms with Crippen LogP contribution in [0.2, 0.25) is 0 Å². The van der Waals surface area contributed by atoms with E-state index in [-0.39, 0.29) is 0 Å². The van der Waals surface area contributed by atoms with Crippen LogP contribution in [0.15, 0.2) is 158 Å². The van der Waals surface area contributed by atoms with E-state index in [0.29, 0.717) is 0 Å². The number of para-hydroxylation sites is 4. The van der Waals surface area contributed by atoms with Gasteiger partial charge in [0.15, 0.2) is 0 Å². The standard InChI is InChI=1S/C40H26N4S4/c1-5-13-27(14-6-1)43(28-15-7-2-8-16-28)37-23-21-33(45-37)39-41-31-25-36-32(26-35(31)47-39)42-40(48-36)34-22-24-38(46-34)44(29-17-9-3-10-18-29)30-19-11-4-12-20-30/h1-26H. The zero-order chi connectivity index (χ0) is 31.9. The van der Waals surface area contributed by atoms with Crippen LogP contribution >= 0.6 is 45.3 Å². The number of rotatable bonds is 8. The maximum absolute atomic E-state index is 5.11. The maximum atomic E-state index is 5.11. The summed E-state index contributed by atoms with van der Waals surface area (Å²) in [5.74, 6) is 0. The number of benzene rings is 5. The minimum absolute atomic E-state index is 1.02. The van der Waals surface area contributed by atoms with Crippen LogP contribution in [0.3, 0.4) is 0 Å². The van der Waals surface area contributed by atoms with E-state index in [1.165, 1.54) is 0 Å². The number of hydrogen-bond donors (Lipinski definition) is 0. The highest BCUT2D eigenvalue weighted by molar-refractivity contribution is 7.28. The Bertz CT molecular complexity index is 2160. The molecule has 0 fully saturated rings. The molecule has 0 N–H and O–H groups in total. The lowest BCUT2D eigenvalue weighted by molar-refractivity contribution is 1.32. The van der Waals surface area contributed by atoms with Gasteiger partial charge in [0, 0.05) is 22.7 Å². The molecule has 5 aromatic carbocycles. The molecule has 230 valence electrons. The zero-order valence-electron chi connectivity index (χ0n) is 25.4. The molecule has 9 rings (SSSR count). The van der Waals surface area contributed by atoms with E-state index in [0.717, 1.165) is 73.0 Å². The van der Waals surface area contributed by atoms with Crippen LogP contribution in [0.1, 0.15) is 0 Å². The molecule has 0 spiro atoms. The molecule has 0 aliphatic rings. The van der Waals surface area contributed by atoms with Crippen molar-refractivity contribution >= 4 is 98.5 Å². The molecule has 9 aromatic rings. The summed E-state index contributed by atoms with van der Waals surface area (Å²) in [6.45, 7) is 0. The molecule has 8 heteroatoms. The second-order valence-corrected chi connectivity index (χ2v) is 15.3. The van der Waals surface area contributed by atoms with E-state index in [1.54, 1.807) is 45.3 Å². The number of thiophene rings is 2. The van der Waals surface area contributed by atoms with Gasteiger partial charge >= 0.3 is 0 Å². The van der Waals surface area contributed by atoms with Crippen LogP contribution in [0.5, 0.6) is 0 Å². The Labute approximate surface area is 294 Å². The predicted octanol–water partition coefficient (Wildman–Crippen LogP) is 13.3. The molecule has 4 nitrogen and oxygen atoms in total. The number of anilines is 6. The Balaban J connectivity index is 1.03. The van der Waals surface area contributed by atoms with E-state index in [1.807, 2.05) is 0 Å². The van der Waals surface area contributed by atoms with Crippen LogP contribution < -0.4 is 9.80 Å². The first kappa shape index (κ1) is 29.1. The number of thiazole rings is 2. The molecule has 48 heavy (non-hydrogen) atoms. The Morgan fingerprint density at radius 3 is 1.02 bits per heavy atom. The fourth-order valence-corrected chi connectivity index (χ4v) is 9.97. The van der Waals surface area contributed by atoms with Gasteiger partial charge in [0.1, 0.15) is 20.0 Å². The van der Waals surface area contributed by atoms with Crippen molar-refractivity contribution in [3.63, 3.8) is 0 Å². The van der Waals surface area contributed by atoms with Gasteiger partial charge in [-0.15, -0.1) is 45.3 Å². The first-order valence-corrected chi connectivity index (χ1v) is 18.8. The maximum Gasteiger partial charge on any atom is 0.134 e. The van der Waals surface area contributed by atoms with Crippen molar-refractivity contribution in [2.75, 3.05) is 9.80 Å². The topological polar surface area (TPSA) is 32.3 Å². The van der Waals surface area contributed by atoms with Gasteiger partial charge in [-0.3, -0.25) is 0 Å². The molecule has 0 aliphatic carbocycles. The molecule has 0 saturated heterocycles. The average molecular weight is 691 g/mol. The van der Waals surface area contributed by atoms with Crippen molar-refractivity contribution in [2.24, 2.45) is 0 Å². The molecule has 0 radical (unpaired) electrons. The van der Waals surface area contributed by atoms with E-state index in [9.17, 15) is 0 Å². The van der Waals surface area contributed by atoms with Gasteiger partial charge in [0.25, 0.3) is 0 Å². The van der Waals surface area contributed by atoms with Gasteiger partial charge in [-0.25, -0.2) is 9.97 Å². The second kappa shape index (κ2) is 12.5. The van der Waals surface area contributed by atoms with Gasteiger partial charge in [0.2, 0.25) is 0 Å². The number of aromatic nitrogens is 2. The Kier molecular flexibility index (Phi) is 7.55. The fourth-order valence-electron chi connectivity index (χ4n) is 5.80. The van der Waals surface area contributed by atoms with Crippen LogP contribution in [0, 0.1) is 0 Å². The second-order valence-electron chi connectivity index (χ2n) is 11.1. The lowest BCUT2D eigenvalue weighted by Crippen LogP contribution is -2.07. The molecular weight excluding hydrogens is 665 g/mol. The fraction of sp³-hybridized carbons (Fsp3) is 0. The molecule has 0 saturated carbocycles. The van der Waals surface area contributed by atoms with Crippen molar-refractivity contribution in [1.82, 2.24) is 9.97 Å². The van der Waals surface area contributed by atoms with Gasteiger partial charge in [0.05, 0.1) is 30.2 Å². The third-order valence-electron chi connectivity index (χ3n) is 8.00. The van der Waals surface area contributed by atoms with Crippen molar-refractivity contribution in [2.45, 2.75) is 0 Å². The van der Waals surface area contributed by atoms with Crippen molar-refractivity contribution in [3.05, 3.63) is 158 Å². The van der Waals surface area contributed by atoms with Gasteiger partial charge in [-0.2, -0.15) is 0 Å². The quantitative estimate of drug-likeness (QED) is 0.159. The number of nitrogens with zero attached hydrogens (tertiary/aromatic N) is 4. The molecule has 4 heterocycles. The van der Waals surface area contributed by atoms with Crippen molar-refractivity contribution in [1.29, 1.82) is 0 Å². The molecule has 4 aromatic heterocycles. The highest BCUT2D eigenvalue weighted by atomic mass is 32.1. The molecule has 0 aliphatic heterocycles. The van der Waals surface area contributed by atoms with Gasteiger partial charge < -0.3 is 9.80 Å². The SMILES string of the molecule is c1ccc(N(c2ccccc2)c2ccc(-c3nc4cc5sc(-c6ccc(N(c7ccccc7)c7ccccc7)s6)nc5cc4s3)s2)cc1. The van der Waals surface area contributed by atoms with Crippen molar-refractivity contribution < 1.29 is 0 Å². The minimum Gasteiger partial charge on any atom is -0.302 e. The third kappa shape index (κ3) is 5.48. The van der Waals surface area contributed by atoms with Crippen LogP contribution in [-0.4, -0.2) is 9.97 Å². The zero-order valence-corrected chi connectivity index (χ0v) is 28.7. The molecule has 0 atom stereocenters. The summed E-state index contributed by atoms with van der Waals surface area (Å²) in [5, 5.41) is 4.37. The number of fused-ring (bicyclic) bond motifs is 2. The van der Waals surface area contributed by atoms with Crippen LogP contribution in [0.25, 0.3) is 40.2 Å². The third-order valence-corrected chi connectivity index (χ3v) is 12.5. The number of hydrogen-bond acceptors (Lipinski definition) is 8.